The number of hydrogen-bond donors (Lipinski definition) is 1. The minimum atomic E-state index is 0.636. The fourth-order valence-electron chi connectivity index (χ4n) is 0.907. The van der Waals surface area contributed by atoms with Crippen molar-refractivity contribution in [1.29, 1.82) is 0 Å². The molecule has 1 aromatic rings. The smallest absolute Gasteiger partial charge is 0.216 e. The van der Waals surface area contributed by atoms with Crippen molar-refractivity contribution in [1.82, 2.24) is 15.3 Å². The summed E-state index contributed by atoms with van der Waals surface area (Å²) >= 11 is 0. The molecule has 0 saturated carbocycles. The Morgan fingerprint density at radius 1 is 1.46 bits per heavy atom. The van der Waals surface area contributed by atoms with Gasteiger partial charge in [-0.2, -0.15) is 0 Å². The Labute approximate surface area is 78.4 Å². The Hall–Kier alpha value is -1.16. The predicted molar refractivity (Wildman–Crippen MR) is 50.8 cm³/mol. The molecule has 0 aliphatic rings. The number of rotatable bonds is 5. The number of hydrogen-bond acceptors (Lipinski definition) is 4. The summed E-state index contributed by atoms with van der Waals surface area (Å²) in [6.07, 6.45) is 2.44. The molecule has 0 bridgehead atoms. The molecule has 0 unspecified atom stereocenters. The summed E-state index contributed by atoms with van der Waals surface area (Å²) in [5.74, 6) is 0.655. The summed E-state index contributed by atoms with van der Waals surface area (Å²) in [5, 5.41) is 3.00. The van der Waals surface area contributed by atoms with Gasteiger partial charge < -0.3 is 10.1 Å². The molecule has 0 aromatic carbocycles. The van der Waals surface area contributed by atoms with Crippen molar-refractivity contribution < 1.29 is 4.74 Å². The Kier molecular flexibility index (Phi) is 4.18. The van der Waals surface area contributed by atoms with Gasteiger partial charge in [-0.25, -0.2) is 9.97 Å². The van der Waals surface area contributed by atoms with Crippen LogP contribution in [0.5, 0.6) is 5.88 Å². The van der Waals surface area contributed by atoms with Gasteiger partial charge in [0.2, 0.25) is 5.88 Å². The van der Waals surface area contributed by atoms with Gasteiger partial charge in [0, 0.05) is 18.3 Å². The summed E-state index contributed by atoms with van der Waals surface area (Å²) in [7, 11) is 1.89. The zero-order chi connectivity index (χ0) is 9.52. The topological polar surface area (TPSA) is 47.0 Å². The molecule has 4 nitrogen and oxygen atoms in total. The van der Waals surface area contributed by atoms with Crippen molar-refractivity contribution >= 4 is 0 Å². The van der Waals surface area contributed by atoms with E-state index < -0.39 is 0 Å². The first-order chi connectivity index (χ1) is 6.36. The molecule has 0 fully saturated rings. The fraction of sp³-hybridized carbons (Fsp3) is 0.556. The molecule has 1 N–H and O–H groups in total. The van der Waals surface area contributed by atoms with Gasteiger partial charge in [0.1, 0.15) is 12.9 Å². The summed E-state index contributed by atoms with van der Waals surface area (Å²) < 4.78 is 5.38. The summed E-state index contributed by atoms with van der Waals surface area (Å²) in [4.78, 5) is 8.08. The highest BCUT2D eigenvalue weighted by atomic mass is 16.5. The number of aryl methyl sites for hydroxylation is 1. The van der Waals surface area contributed by atoms with Gasteiger partial charge in [-0.1, -0.05) is 6.92 Å². The van der Waals surface area contributed by atoms with E-state index >= 15 is 0 Å². The number of likely N-dealkylation sites (N-methyl/N-ethyl adjacent to an activating group) is 1. The minimum Gasteiger partial charge on any atom is -0.476 e. The van der Waals surface area contributed by atoms with Crippen LogP contribution in [-0.2, 0) is 6.42 Å². The van der Waals surface area contributed by atoms with Crippen LogP contribution in [0.3, 0.4) is 0 Å². The van der Waals surface area contributed by atoms with Crippen molar-refractivity contribution in [2.45, 2.75) is 13.3 Å². The van der Waals surface area contributed by atoms with Crippen LogP contribution in [0.25, 0.3) is 0 Å². The van der Waals surface area contributed by atoms with Crippen molar-refractivity contribution in [2.24, 2.45) is 0 Å². The van der Waals surface area contributed by atoms with E-state index in [1.165, 1.54) is 6.33 Å². The van der Waals surface area contributed by atoms with Gasteiger partial charge in [0.25, 0.3) is 0 Å². The minimum absolute atomic E-state index is 0.636. The quantitative estimate of drug-likeness (QED) is 0.677. The van der Waals surface area contributed by atoms with E-state index in [0.29, 0.717) is 12.5 Å². The fourth-order valence-corrected chi connectivity index (χ4v) is 0.907. The molecule has 0 amide bonds. The van der Waals surface area contributed by atoms with Gasteiger partial charge in [-0.15, -0.1) is 0 Å². The van der Waals surface area contributed by atoms with E-state index in [0.717, 1.165) is 18.7 Å². The first-order valence-corrected chi connectivity index (χ1v) is 4.45. The van der Waals surface area contributed by atoms with Gasteiger partial charge in [0.05, 0.1) is 0 Å². The van der Waals surface area contributed by atoms with Gasteiger partial charge in [0.15, 0.2) is 0 Å². The second-order valence-electron chi connectivity index (χ2n) is 2.65. The third-order valence-corrected chi connectivity index (χ3v) is 1.66. The van der Waals surface area contributed by atoms with E-state index in [-0.39, 0.29) is 0 Å². The molecule has 0 radical (unpaired) electrons. The number of nitrogens with one attached hydrogen (secondary N) is 1. The van der Waals surface area contributed by atoms with Crippen LogP contribution in [-0.4, -0.2) is 30.2 Å². The monoisotopic (exact) mass is 181 g/mol. The molecular weight excluding hydrogens is 166 g/mol. The van der Waals surface area contributed by atoms with Crippen LogP contribution in [0.4, 0.5) is 0 Å². The van der Waals surface area contributed by atoms with E-state index in [4.69, 9.17) is 4.74 Å². The van der Waals surface area contributed by atoms with E-state index in [1.807, 2.05) is 13.1 Å². The van der Waals surface area contributed by atoms with Crippen molar-refractivity contribution in [3.05, 3.63) is 18.1 Å². The Balaban J connectivity index is 2.46. The zero-order valence-corrected chi connectivity index (χ0v) is 8.08. The van der Waals surface area contributed by atoms with Crippen LogP contribution in [0, 0.1) is 0 Å². The normalized spacial score (nSPS) is 10.0. The van der Waals surface area contributed by atoms with Gasteiger partial charge in [-0.05, 0) is 13.5 Å². The molecule has 0 saturated heterocycles. The van der Waals surface area contributed by atoms with Crippen LogP contribution < -0.4 is 10.1 Å². The average molecular weight is 181 g/mol. The van der Waals surface area contributed by atoms with Crippen LogP contribution in [0.1, 0.15) is 12.6 Å². The molecule has 4 heteroatoms. The van der Waals surface area contributed by atoms with Crippen LogP contribution in [0.2, 0.25) is 0 Å². The molecule has 1 rings (SSSR count). The van der Waals surface area contributed by atoms with Crippen molar-refractivity contribution in [3.8, 4) is 5.88 Å². The maximum absolute atomic E-state index is 5.38. The standard InChI is InChI=1S/C9H15N3O/c1-3-8-6-9(12-7-11-8)13-5-4-10-2/h6-7,10H,3-5H2,1-2H3. The van der Waals surface area contributed by atoms with Crippen LogP contribution in [0.15, 0.2) is 12.4 Å². The van der Waals surface area contributed by atoms with E-state index in [9.17, 15) is 0 Å². The maximum atomic E-state index is 5.38. The largest absolute Gasteiger partial charge is 0.476 e. The molecule has 0 aliphatic carbocycles. The third kappa shape index (κ3) is 3.38. The molecule has 0 aliphatic heterocycles. The van der Waals surface area contributed by atoms with Crippen molar-refractivity contribution in [2.75, 3.05) is 20.2 Å². The number of ether oxygens (including phenoxy) is 1. The second kappa shape index (κ2) is 5.48. The molecule has 0 atom stereocenters. The van der Waals surface area contributed by atoms with E-state index in [2.05, 4.69) is 22.2 Å². The zero-order valence-electron chi connectivity index (χ0n) is 8.08. The summed E-state index contributed by atoms with van der Waals surface area (Å²) in [5.41, 5.74) is 1.01. The van der Waals surface area contributed by atoms with Gasteiger partial charge >= 0.3 is 0 Å². The second-order valence-corrected chi connectivity index (χ2v) is 2.65. The highest BCUT2D eigenvalue weighted by molar-refractivity contribution is 5.13. The average Bonchev–Trinajstić information content (AvgIpc) is 2.19. The number of nitrogens with zero attached hydrogens (tertiary/aromatic N) is 2. The van der Waals surface area contributed by atoms with Gasteiger partial charge in [-0.3, -0.25) is 0 Å². The first kappa shape index (κ1) is 9.92. The SMILES string of the molecule is CCc1cc(OCCNC)ncn1. The highest BCUT2D eigenvalue weighted by Crippen LogP contribution is 2.06. The molecule has 1 aromatic heterocycles. The van der Waals surface area contributed by atoms with Crippen molar-refractivity contribution in [3.63, 3.8) is 0 Å². The molecule has 13 heavy (non-hydrogen) atoms. The predicted octanol–water partition coefficient (Wildman–Crippen LogP) is 0.637. The number of aromatic nitrogens is 2. The maximum Gasteiger partial charge on any atom is 0.216 e. The Morgan fingerprint density at radius 2 is 2.31 bits per heavy atom. The van der Waals surface area contributed by atoms with Crippen LogP contribution >= 0.6 is 0 Å². The lowest BCUT2D eigenvalue weighted by Gasteiger charge is -2.04. The summed E-state index contributed by atoms with van der Waals surface area (Å²) in [6.45, 7) is 3.52. The molecule has 0 spiro atoms. The Bertz CT molecular complexity index is 252. The lowest BCUT2D eigenvalue weighted by molar-refractivity contribution is 0.305. The highest BCUT2D eigenvalue weighted by Gasteiger charge is 1.96. The summed E-state index contributed by atoms with van der Waals surface area (Å²) in [6, 6.07) is 1.87. The molecular formula is C9H15N3O. The van der Waals surface area contributed by atoms with E-state index in [1.54, 1.807) is 0 Å². The Morgan fingerprint density at radius 3 is 3.00 bits per heavy atom. The first-order valence-electron chi connectivity index (χ1n) is 4.45. The third-order valence-electron chi connectivity index (χ3n) is 1.66. The lowest BCUT2D eigenvalue weighted by Crippen LogP contribution is -2.16. The molecule has 72 valence electrons. The lowest BCUT2D eigenvalue weighted by atomic mass is 10.3. The molecule has 1 heterocycles.